The zero-order chi connectivity index (χ0) is 10.3. The Bertz CT molecular complexity index is 381. The third kappa shape index (κ3) is 1.33. The summed E-state index contributed by atoms with van der Waals surface area (Å²) in [6, 6.07) is 0.902. The average Bonchev–Trinajstić information content (AvgIpc) is 2.16. The molecular weight excluding hydrogens is 195 g/mol. The van der Waals surface area contributed by atoms with Gasteiger partial charge < -0.3 is 10.4 Å². The van der Waals surface area contributed by atoms with Gasteiger partial charge in [-0.3, -0.25) is 0 Å². The van der Waals surface area contributed by atoms with Crippen molar-refractivity contribution in [2.24, 2.45) is 0 Å². The van der Waals surface area contributed by atoms with Gasteiger partial charge in [-0.1, -0.05) is 0 Å². The molecule has 0 spiro atoms. The van der Waals surface area contributed by atoms with Crippen LogP contribution in [0.15, 0.2) is 6.07 Å². The van der Waals surface area contributed by atoms with Crippen molar-refractivity contribution in [1.29, 1.82) is 0 Å². The number of aliphatic hydroxyl groups excluding tert-OH is 1. The molecule has 0 amide bonds. The molecule has 76 valence electrons. The minimum absolute atomic E-state index is 0.00245. The van der Waals surface area contributed by atoms with Gasteiger partial charge in [0.25, 0.3) is 0 Å². The Hall–Kier alpha value is -1.23. The van der Waals surface area contributed by atoms with Crippen LogP contribution < -0.4 is 5.32 Å². The molecule has 0 saturated carbocycles. The fourth-order valence-corrected chi connectivity index (χ4v) is 1.53. The fourth-order valence-electron chi connectivity index (χ4n) is 1.53. The number of nitrogens with one attached hydrogen (secondary N) is 1. The molecule has 2 N–H and O–H groups in total. The Morgan fingerprint density at radius 1 is 1.29 bits per heavy atom. The number of benzene rings is 1. The predicted molar refractivity (Wildman–Crippen MR) is 44.5 cm³/mol. The average molecular weight is 203 g/mol. The zero-order valence-electron chi connectivity index (χ0n) is 7.15. The summed E-state index contributed by atoms with van der Waals surface area (Å²) in [5, 5.41) is 11.8. The van der Waals surface area contributed by atoms with Crippen LogP contribution in [0.5, 0.6) is 0 Å². The molecule has 1 aliphatic rings. The van der Waals surface area contributed by atoms with Crippen LogP contribution >= 0.6 is 0 Å². The number of rotatable bonds is 0. The van der Waals surface area contributed by atoms with Crippen molar-refractivity contribution in [3.63, 3.8) is 0 Å². The Kier molecular flexibility index (Phi) is 2.11. The first kappa shape index (κ1) is 9.33. The zero-order valence-corrected chi connectivity index (χ0v) is 7.15. The number of fused-ring (bicyclic) bond motifs is 1. The second-order valence-corrected chi connectivity index (χ2v) is 3.25. The van der Waals surface area contributed by atoms with Crippen LogP contribution in [0.2, 0.25) is 0 Å². The monoisotopic (exact) mass is 203 g/mol. The molecule has 0 aromatic heterocycles. The highest BCUT2D eigenvalue weighted by Crippen LogP contribution is 2.28. The van der Waals surface area contributed by atoms with Crippen LogP contribution in [0.4, 0.5) is 18.9 Å². The summed E-state index contributed by atoms with van der Waals surface area (Å²) in [7, 11) is 0. The topological polar surface area (TPSA) is 32.3 Å². The summed E-state index contributed by atoms with van der Waals surface area (Å²) in [4.78, 5) is 0. The van der Waals surface area contributed by atoms with E-state index in [9.17, 15) is 18.3 Å². The third-order valence-electron chi connectivity index (χ3n) is 2.23. The van der Waals surface area contributed by atoms with Crippen molar-refractivity contribution in [2.75, 3.05) is 11.9 Å². The van der Waals surface area contributed by atoms with Crippen molar-refractivity contribution < 1.29 is 18.3 Å². The lowest BCUT2D eigenvalue weighted by Crippen LogP contribution is -2.28. The van der Waals surface area contributed by atoms with Crippen LogP contribution in [0.1, 0.15) is 5.56 Å². The molecular formula is C9H8F3NO. The van der Waals surface area contributed by atoms with E-state index in [1.165, 1.54) is 0 Å². The first-order chi connectivity index (χ1) is 6.59. The number of hydrogen-bond donors (Lipinski definition) is 2. The molecule has 0 aliphatic carbocycles. The van der Waals surface area contributed by atoms with Gasteiger partial charge in [-0.25, -0.2) is 13.2 Å². The van der Waals surface area contributed by atoms with Gasteiger partial charge in [0.15, 0.2) is 17.5 Å². The van der Waals surface area contributed by atoms with Crippen molar-refractivity contribution in [3.8, 4) is 0 Å². The van der Waals surface area contributed by atoms with Crippen LogP contribution in [0, 0.1) is 17.5 Å². The van der Waals surface area contributed by atoms with Gasteiger partial charge in [-0.2, -0.15) is 0 Å². The van der Waals surface area contributed by atoms with Crippen molar-refractivity contribution in [1.82, 2.24) is 0 Å². The van der Waals surface area contributed by atoms with E-state index in [-0.39, 0.29) is 24.2 Å². The van der Waals surface area contributed by atoms with E-state index < -0.39 is 23.6 Å². The Balaban J connectivity index is 2.55. The highest BCUT2D eigenvalue weighted by molar-refractivity contribution is 5.54. The van der Waals surface area contributed by atoms with Crippen LogP contribution in [-0.4, -0.2) is 17.8 Å². The van der Waals surface area contributed by atoms with Gasteiger partial charge in [0.2, 0.25) is 0 Å². The molecule has 1 unspecified atom stereocenters. The fraction of sp³-hybridized carbons (Fsp3) is 0.333. The minimum Gasteiger partial charge on any atom is -0.391 e. The highest BCUT2D eigenvalue weighted by Gasteiger charge is 2.24. The lowest BCUT2D eigenvalue weighted by Gasteiger charge is -2.23. The second kappa shape index (κ2) is 3.16. The molecule has 1 atom stereocenters. The molecule has 2 rings (SSSR count). The Morgan fingerprint density at radius 2 is 2.00 bits per heavy atom. The first-order valence-electron chi connectivity index (χ1n) is 4.18. The van der Waals surface area contributed by atoms with Gasteiger partial charge in [0.05, 0.1) is 6.10 Å². The quantitative estimate of drug-likeness (QED) is 0.625. The molecule has 1 aliphatic heterocycles. The number of aliphatic hydroxyl groups is 1. The molecule has 0 radical (unpaired) electrons. The molecule has 2 nitrogen and oxygen atoms in total. The number of hydrogen-bond acceptors (Lipinski definition) is 2. The predicted octanol–water partition coefficient (Wildman–Crippen LogP) is 1.43. The molecule has 0 fully saturated rings. The van der Waals surface area contributed by atoms with Gasteiger partial charge in [-0.05, 0) is 0 Å². The number of anilines is 1. The summed E-state index contributed by atoms with van der Waals surface area (Å²) in [5.74, 6) is -3.92. The molecule has 0 bridgehead atoms. The number of halogens is 3. The molecule has 1 aromatic carbocycles. The minimum atomic E-state index is -1.49. The molecule has 5 heteroatoms. The SMILES string of the molecule is OC1CNc2cc(F)c(F)c(F)c2C1. The van der Waals surface area contributed by atoms with E-state index in [1.807, 2.05) is 0 Å². The summed E-state index contributed by atoms with van der Waals surface area (Å²) in [6.45, 7) is 0.220. The largest absolute Gasteiger partial charge is 0.391 e. The maximum Gasteiger partial charge on any atom is 0.194 e. The highest BCUT2D eigenvalue weighted by atomic mass is 19.2. The number of β-amino-alcohol motifs (C(OH)–C–C–N with tert-alkyl or cyclic N) is 1. The van der Waals surface area contributed by atoms with Crippen molar-refractivity contribution in [3.05, 3.63) is 29.1 Å². The molecule has 14 heavy (non-hydrogen) atoms. The lowest BCUT2D eigenvalue weighted by molar-refractivity contribution is 0.182. The first-order valence-corrected chi connectivity index (χ1v) is 4.18. The smallest absolute Gasteiger partial charge is 0.194 e. The normalized spacial score (nSPS) is 20.1. The molecule has 0 saturated heterocycles. The van der Waals surface area contributed by atoms with Gasteiger partial charge in [0, 0.05) is 30.3 Å². The second-order valence-electron chi connectivity index (χ2n) is 3.25. The van der Waals surface area contributed by atoms with Crippen LogP contribution in [-0.2, 0) is 6.42 Å². The maximum atomic E-state index is 13.2. The summed E-state index contributed by atoms with van der Waals surface area (Å²) < 4.78 is 38.7. The van der Waals surface area contributed by atoms with Gasteiger partial charge in [-0.15, -0.1) is 0 Å². The van der Waals surface area contributed by atoms with E-state index in [4.69, 9.17) is 0 Å². The summed E-state index contributed by atoms with van der Waals surface area (Å²) >= 11 is 0. The van der Waals surface area contributed by atoms with Gasteiger partial charge in [0.1, 0.15) is 0 Å². The van der Waals surface area contributed by atoms with Crippen LogP contribution in [0.25, 0.3) is 0 Å². The van der Waals surface area contributed by atoms with E-state index in [1.54, 1.807) is 0 Å². The Labute approximate surface area is 78.4 Å². The van der Waals surface area contributed by atoms with E-state index >= 15 is 0 Å². The standard InChI is InChI=1S/C9H8F3NO/c10-6-2-7-5(8(11)9(6)12)1-4(14)3-13-7/h2,4,13-14H,1,3H2. The van der Waals surface area contributed by atoms with E-state index in [0.29, 0.717) is 0 Å². The maximum absolute atomic E-state index is 13.2. The summed E-state index contributed by atoms with van der Waals surface area (Å²) in [6.07, 6.45) is -0.757. The van der Waals surface area contributed by atoms with Crippen molar-refractivity contribution >= 4 is 5.69 Å². The summed E-state index contributed by atoms with van der Waals surface area (Å²) in [5.41, 5.74) is 0.217. The third-order valence-corrected chi connectivity index (χ3v) is 2.23. The van der Waals surface area contributed by atoms with E-state index in [2.05, 4.69) is 5.32 Å². The Morgan fingerprint density at radius 3 is 2.71 bits per heavy atom. The van der Waals surface area contributed by atoms with Crippen LogP contribution in [0.3, 0.4) is 0 Å². The van der Waals surface area contributed by atoms with E-state index in [0.717, 1.165) is 6.07 Å². The molecule has 1 heterocycles. The lowest BCUT2D eigenvalue weighted by atomic mass is 10.0. The van der Waals surface area contributed by atoms with Crippen molar-refractivity contribution in [2.45, 2.75) is 12.5 Å². The molecule has 1 aromatic rings. The van der Waals surface area contributed by atoms with Gasteiger partial charge >= 0.3 is 0 Å².